The van der Waals surface area contributed by atoms with Crippen molar-refractivity contribution in [3.05, 3.63) is 77.3 Å². The zero-order valence-corrected chi connectivity index (χ0v) is 12.2. The molecule has 0 spiro atoms. The van der Waals surface area contributed by atoms with Gasteiger partial charge < -0.3 is 5.73 Å². The molecule has 0 aliphatic carbocycles. The van der Waals surface area contributed by atoms with Crippen LogP contribution < -0.4 is 5.73 Å². The maximum Gasteiger partial charge on any atom is 0.104 e. The first-order chi connectivity index (χ1) is 10.2. The number of rotatable bonds is 3. The molecule has 0 amide bonds. The number of amidine groups is 1. The van der Waals surface area contributed by atoms with Gasteiger partial charge in [0.05, 0.1) is 5.69 Å². The lowest BCUT2D eigenvalue weighted by atomic mass is 10.0. The fraction of sp³-hybridized carbons (Fsp3) is 0.0556. The van der Waals surface area contributed by atoms with E-state index in [2.05, 4.69) is 35.3 Å². The molecule has 2 N–H and O–H groups in total. The van der Waals surface area contributed by atoms with Crippen LogP contribution in [-0.4, -0.2) is 5.84 Å². The molecule has 3 aromatic carbocycles. The molecule has 0 unspecified atom stereocenters. The number of aliphatic imine (C=N–C) groups is 1. The monoisotopic (exact) mass is 294 g/mol. The standard InChI is InChI=1S/C18H15ClN2/c19-16-7-9-17(10-8-16)21-18(20)12-13-5-6-14-3-1-2-4-15(14)11-13/h1-11H,12H2,(H2,20,21). The minimum absolute atomic E-state index is 0.590. The van der Waals surface area contributed by atoms with Gasteiger partial charge in [0.15, 0.2) is 0 Å². The van der Waals surface area contributed by atoms with Crippen molar-refractivity contribution in [2.45, 2.75) is 6.42 Å². The van der Waals surface area contributed by atoms with Gasteiger partial charge in [-0.3, -0.25) is 0 Å². The second-order valence-corrected chi connectivity index (χ2v) is 5.37. The van der Waals surface area contributed by atoms with E-state index in [9.17, 15) is 0 Å². The van der Waals surface area contributed by atoms with Gasteiger partial charge in [0.1, 0.15) is 5.84 Å². The van der Waals surface area contributed by atoms with Crippen molar-refractivity contribution in [1.29, 1.82) is 0 Å². The van der Waals surface area contributed by atoms with Crippen LogP contribution in [0.2, 0.25) is 5.02 Å². The highest BCUT2D eigenvalue weighted by molar-refractivity contribution is 6.30. The molecule has 0 aromatic heterocycles. The molecule has 0 fully saturated rings. The zero-order valence-electron chi connectivity index (χ0n) is 11.5. The summed E-state index contributed by atoms with van der Waals surface area (Å²) in [6.45, 7) is 0. The van der Waals surface area contributed by atoms with Gasteiger partial charge in [-0.1, -0.05) is 54.1 Å². The first kappa shape index (κ1) is 13.7. The summed E-state index contributed by atoms with van der Waals surface area (Å²) in [4.78, 5) is 4.41. The van der Waals surface area contributed by atoms with Crippen molar-refractivity contribution in [3.8, 4) is 0 Å². The summed E-state index contributed by atoms with van der Waals surface area (Å²) in [6.07, 6.45) is 0.632. The van der Waals surface area contributed by atoms with Crippen LogP contribution >= 0.6 is 11.6 Å². The average molecular weight is 295 g/mol. The van der Waals surface area contributed by atoms with Crippen molar-refractivity contribution >= 4 is 33.9 Å². The first-order valence-corrected chi connectivity index (χ1v) is 7.15. The molecule has 0 atom stereocenters. The van der Waals surface area contributed by atoms with Crippen LogP contribution in [0.3, 0.4) is 0 Å². The largest absolute Gasteiger partial charge is 0.387 e. The van der Waals surface area contributed by atoms with E-state index in [0.717, 1.165) is 11.3 Å². The van der Waals surface area contributed by atoms with Crippen molar-refractivity contribution in [3.63, 3.8) is 0 Å². The molecule has 0 bridgehead atoms. The molecule has 0 radical (unpaired) electrons. The van der Waals surface area contributed by atoms with Gasteiger partial charge in [-0.2, -0.15) is 0 Å². The molecule has 3 aromatic rings. The Bertz CT molecular complexity index is 792. The lowest BCUT2D eigenvalue weighted by molar-refractivity contribution is 1.28. The molecule has 104 valence electrons. The van der Waals surface area contributed by atoms with Crippen LogP contribution in [0.4, 0.5) is 5.69 Å². The second kappa shape index (κ2) is 5.98. The van der Waals surface area contributed by atoms with E-state index in [4.69, 9.17) is 17.3 Å². The SMILES string of the molecule is NC(Cc1ccc2ccccc2c1)=Nc1ccc(Cl)cc1. The maximum absolute atomic E-state index is 6.04. The van der Waals surface area contributed by atoms with Crippen molar-refractivity contribution in [2.24, 2.45) is 10.7 Å². The summed E-state index contributed by atoms with van der Waals surface area (Å²) in [6, 6.07) is 22.0. The number of nitrogens with two attached hydrogens (primary N) is 1. The van der Waals surface area contributed by atoms with Gasteiger partial charge in [-0.15, -0.1) is 0 Å². The number of benzene rings is 3. The quantitative estimate of drug-likeness (QED) is 0.550. The second-order valence-electron chi connectivity index (χ2n) is 4.94. The van der Waals surface area contributed by atoms with Crippen LogP contribution in [0.5, 0.6) is 0 Å². The predicted octanol–water partition coefficient (Wildman–Crippen LogP) is 4.72. The minimum Gasteiger partial charge on any atom is -0.387 e. The highest BCUT2D eigenvalue weighted by atomic mass is 35.5. The van der Waals surface area contributed by atoms with Gasteiger partial charge in [-0.25, -0.2) is 4.99 Å². The molecule has 3 rings (SSSR count). The molecule has 0 aliphatic rings. The molecule has 0 heterocycles. The van der Waals surface area contributed by atoms with Gasteiger partial charge in [-0.05, 0) is 40.6 Å². The van der Waals surface area contributed by atoms with E-state index in [1.54, 1.807) is 0 Å². The van der Waals surface area contributed by atoms with Gasteiger partial charge in [0.2, 0.25) is 0 Å². The van der Waals surface area contributed by atoms with Crippen molar-refractivity contribution < 1.29 is 0 Å². The Balaban J connectivity index is 1.82. The fourth-order valence-corrected chi connectivity index (χ4v) is 2.40. The topological polar surface area (TPSA) is 38.4 Å². The van der Waals surface area contributed by atoms with E-state index < -0.39 is 0 Å². The van der Waals surface area contributed by atoms with E-state index in [1.165, 1.54) is 10.8 Å². The molecular weight excluding hydrogens is 280 g/mol. The Morgan fingerprint density at radius 2 is 1.62 bits per heavy atom. The zero-order chi connectivity index (χ0) is 14.7. The summed E-state index contributed by atoms with van der Waals surface area (Å²) >= 11 is 5.85. The van der Waals surface area contributed by atoms with Crippen LogP contribution in [-0.2, 0) is 6.42 Å². The number of hydrogen-bond acceptors (Lipinski definition) is 1. The van der Waals surface area contributed by atoms with Crippen LogP contribution in [0.15, 0.2) is 71.7 Å². The van der Waals surface area contributed by atoms with Crippen LogP contribution in [0, 0.1) is 0 Å². The lowest BCUT2D eigenvalue weighted by Gasteiger charge is -2.04. The third kappa shape index (κ3) is 3.41. The Morgan fingerprint density at radius 1 is 0.905 bits per heavy atom. The summed E-state index contributed by atoms with van der Waals surface area (Å²) in [7, 11) is 0. The molecule has 21 heavy (non-hydrogen) atoms. The Morgan fingerprint density at radius 3 is 2.38 bits per heavy atom. The highest BCUT2D eigenvalue weighted by Gasteiger charge is 2.00. The normalized spacial score (nSPS) is 11.8. The Labute approximate surface area is 128 Å². The fourth-order valence-electron chi connectivity index (χ4n) is 2.28. The third-order valence-electron chi connectivity index (χ3n) is 3.30. The smallest absolute Gasteiger partial charge is 0.104 e. The molecule has 2 nitrogen and oxygen atoms in total. The summed E-state index contributed by atoms with van der Waals surface area (Å²) in [5.74, 6) is 0.590. The summed E-state index contributed by atoms with van der Waals surface area (Å²) in [5, 5.41) is 3.14. The molecule has 0 saturated heterocycles. The number of nitrogens with zero attached hydrogens (tertiary/aromatic N) is 1. The van der Waals surface area contributed by atoms with Crippen LogP contribution in [0.25, 0.3) is 10.8 Å². The first-order valence-electron chi connectivity index (χ1n) is 6.77. The maximum atomic E-state index is 6.04. The highest BCUT2D eigenvalue weighted by Crippen LogP contribution is 2.18. The molecular formula is C18H15ClN2. The predicted molar refractivity (Wildman–Crippen MR) is 90.4 cm³/mol. The minimum atomic E-state index is 0.590. The number of fused-ring (bicyclic) bond motifs is 1. The third-order valence-corrected chi connectivity index (χ3v) is 3.55. The van der Waals surface area contributed by atoms with Crippen molar-refractivity contribution in [2.75, 3.05) is 0 Å². The number of hydrogen-bond donors (Lipinski definition) is 1. The van der Waals surface area contributed by atoms with Crippen LogP contribution in [0.1, 0.15) is 5.56 Å². The van der Waals surface area contributed by atoms with Gasteiger partial charge in [0.25, 0.3) is 0 Å². The Kier molecular flexibility index (Phi) is 3.89. The lowest BCUT2D eigenvalue weighted by Crippen LogP contribution is -2.14. The van der Waals surface area contributed by atoms with E-state index in [1.807, 2.05) is 36.4 Å². The Hall–Kier alpha value is -2.32. The van der Waals surface area contributed by atoms with E-state index in [-0.39, 0.29) is 0 Å². The number of halogens is 1. The molecule has 0 saturated carbocycles. The van der Waals surface area contributed by atoms with Gasteiger partial charge >= 0.3 is 0 Å². The van der Waals surface area contributed by atoms with E-state index >= 15 is 0 Å². The van der Waals surface area contributed by atoms with E-state index in [0.29, 0.717) is 17.3 Å². The molecule has 3 heteroatoms. The van der Waals surface area contributed by atoms with Gasteiger partial charge in [0, 0.05) is 11.4 Å². The summed E-state index contributed by atoms with van der Waals surface area (Å²) < 4.78 is 0. The van der Waals surface area contributed by atoms with Crippen molar-refractivity contribution in [1.82, 2.24) is 0 Å². The molecule has 0 aliphatic heterocycles. The average Bonchev–Trinajstić information content (AvgIpc) is 2.49. The summed E-state index contributed by atoms with van der Waals surface area (Å²) in [5.41, 5.74) is 8.01.